The van der Waals surface area contributed by atoms with Crippen LogP contribution in [0.3, 0.4) is 0 Å². The summed E-state index contributed by atoms with van der Waals surface area (Å²) < 4.78 is 28.9. The lowest BCUT2D eigenvalue weighted by molar-refractivity contribution is 0.581. The molecule has 0 aliphatic rings. The smallest absolute Gasteiger partial charge is 0.151 e. The second kappa shape index (κ2) is 5.79. The van der Waals surface area contributed by atoms with Crippen molar-refractivity contribution in [3.63, 3.8) is 0 Å². The molecule has 0 saturated heterocycles. The normalized spacial score (nSPS) is 10.2. The molecule has 22 heavy (non-hydrogen) atoms. The maximum Gasteiger partial charge on any atom is 0.151 e. The van der Waals surface area contributed by atoms with E-state index in [1.807, 2.05) is 12.1 Å². The first kappa shape index (κ1) is 14.0. The van der Waals surface area contributed by atoms with E-state index >= 15 is 0 Å². The fraction of sp³-hybridized carbons (Fsp3) is 0. The Kier molecular flexibility index (Phi) is 3.67. The van der Waals surface area contributed by atoms with E-state index in [1.54, 1.807) is 54.6 Å². The Bertz CT molecular complexity index is 786. The van der Waals surface area contributed by atoms with Crippen LogP contribution in [0.15, 0.2) is 66.7 Å². The molecule has 0 aromatic heterocycles. The zero-order valence-electron chi connectivity index (χ0n) is 11.6. The molecule has 0 aliphatic heterocycles. The van der Waals surface area contributed by atoms with Crippen LogP contribution in [-0.2, 0) is 0 Å². The van der Waals surface area contributed by atoms with Crippen molar-refractivity contribution in [2.45, 2.75) is 0 Å². The number of nitriles is 1. The Labute approximate surface area is 127 Å². The lowest BCUT2D eigenvalue weighted by Gasteiger charge is -2.11. The topological polar surface area (TPSA) is 23.8 Å². The van der Waals surface area contributed by atoms with Gasteiger partial charge in [-0.1, -0.05) is 60.7 Å². The van der Waals surface area contributed by atoms with Crippen molar-refractivity contribution in [2.75, 3.05) is 0 Å². The number of nitrogens with zero attached hydrogens (tertiary/aromatic N) is 1. The summed E-state index contributed by atoms with van der Waals surface area (Å²) in [5.74, 6) is -1.66. The summed E-state index contributed by atoms with van der Waals surface area (Å²) in [5.41, 5.74) is 1.09. The van der Waals surface area contributed by atoms with E-state index < -0.39 is 17.2 Å². The molecule has 0 N–H and O–H groups in total. The molecule has 3 aromatic carbocycles. The molecule has 0 amide bonds. The SMILES string of the molecule is N#Cc1c(F)c(-c2ccccc2)cc(-c2ccccc2)c1F. The molecule has 106 valence electrons. The zero-order chi connectivity index (χ0) is 15.5. The van der Waals surface area contributed by atoms with Crippen LogP contribution >= 0.6 is 0 Å². The summed E-state index contributed by atoms with van der Waals surface area (Å²) in [7, 11) is 0. The summed E-state index contributed by atoms with van der Waals surface area (Å²) in [6, 6.07) is 20.7. The van der Waals surface area contributed by atoms with Gasteiger partial charge in [0.15, 0.2) is 11.6 Å². The van der Waals surface area contributed by atoms with Gasteiger partial charge in [0.05, 0.1) is 0 Å². The third kappa shape index (κ3) is 2.36. The van der Waals surface area contributed by atoms with Crippen LogP contribution in [0.1, 0.15) is 5.56 Å². The van der Waals surface area contributed by atoms with Gasteiger partial charge in [-0.05, 0) is 17.2 Å². The maximum absolute atomic E-state index is 14.5. The van der Waals surface area contributed by atoms with Gasteiger partial charge in [-0.25, -0.2) is 8.78 Å². The molecule has 3 aromatic rings. The quantitative estimate of drug-likeness (QED) is 0.639. The first-order valence-electron chi connectivity index (χ1n) is 6.75. The summed E-state index contributed by atoms with van der Waals surface area (Å²) in [4.78, 5) is 0. The largest absolute Gasteiger partial charge is 0.205 e. The molecule has 0 unspecified atom stereocenters. The van der Waals surface area contributed by atoms with E-state index in [4.69, 9.17) is 5.26 Å². The van der Waals surface area contributed by atoms with Gasteiger partial charge in [-0.15, -0.1) is 0 Å². The summed E-state index contributed by atoms with van der Waals surface area (Å²) >= 11 is 0. The van der Waals surface area contributed by atoms with Gasteiger partial charge < -0.3 is 0 Å². The summed E-state index contributed by atoms with van der Waals surface area (Å²) in [5, 5.41) is 9.11. The van der Waals surface area contributed by atoms with Crippen molar-refractivity contribution in [1.29, 1.82) is 5.26 Å². The van der Waals surface area contributed by atoms with Gasteiger partial charge >= 0.3 is 0 Å². The number of halogens is 2. The molecule has 1 nitrogen and oxygen atoms in total. The Morgan fingerprint density at radius 1 is 0.682 bits per heavy atom. The van der Waals surface area contributed by atoms with Crippen LogP contribution in [0.2, 0.25) is 0 Å². The fourth-order valence-electron chi connectivity index (χ4n) is 2.39. The number of rotatable bonds is 2. The summed E-state index contributed by atoms with van der Waals surface area (Å²) in [6.07, 6.45) is 0. The average molecular weight is 291 g/mol. The van der Waals surface area contributed by atoms with E-state index in [2.05, 4.69) is 0 Å². The van der Waals surface area contributed by atoms with Gasteiger partial charge in [0, 0.05) is 11.1 Å². The highest BCUT2D eigenvalue weighted by atomic mass is 19.1. The van der Waals surface area contributed by atoms with E-state index in [1.165, 1.54) is 6.07 Å². The second-order valence-corrected chi connectivity index (χ2v) is 4.82. The first-order chi connectivity index (χ1) is 10.7. The van der Waals surface area contributed by atoms with Crippen molar-refractivity contribution in [3.8, 4) is 28.3 Å². The Balaban J connectivity index is 2.31. The molecular weight excluding hydrogens is 280 g/mol. The number of hydrogen-bond donors (Lipinski definition) is 0. The Morgan fingerprint density at radius 2 is 1.09 bits per heavy atom. The monoisotopic (exact) mass is 291 g/mol. The highest BCUT2D eigenvalue weighted by molar-refractivity contribution is 5.76. The van der Waals surface area contributed by atoms with Crippen molar-refractivity contribution < 1.29 is 8.78 Å². The fourth-order valence-corrected chi connectivity index (χ4v) is 2.39. The lowest BCUT2D eigenvalue weighted by atomic mass is 9.95. The molecule has 3 rings (SSSR count). The standard InChI is InChI=1S/C19H11F2N/c20-18-15(13-7-3-1-4-8-13)11-16(19(21)17(18)12-22)14-9-5-2-6-10-14/h1-11H. The van der Waals surface area contributed by atoms with Gasteiger partial charge in [0.25, 0.3) is 0 Å². The van der Waals surface area contributed by atoms with Crippen molar-refractivity contribution >= 4 is 0 Å². The van der Waals surface area contributed by atoms with Crippen LogP contribution in [0.25, 0.3) is 22.3 Å². The average Bonchev–Trinajstić information content (AvgIpc) is 2.57. The third-order valence-corrected chi connectivity index (χ3v) is 3.48. The van der Waals surface area contributed by atoms with Crippen molar-refractivity contribution in [2.24, 2.45) is 0 Å². The first-order valence-corrected chi connectivity index (χ1v) is 6.75. The highest BCUT2D eigenvalue weighted by Gasteiger charge is 2.20. The minimum absolute atomic E-state index is 0.220. The van der Waals surface area contributed by atoms with E-state index in [-0.39, 0.29) is 11.1 Å². The van der Waals surface area contributed by atoms with Crippen molar-refractivity contribution in [1.82, 2.24) is 0 Å². The van der Waals surface area contributed by atoms with Crippen LogP contribution in [0, 0.1) is 23.0 Å². The maximum atomic E-state index is 14.5. The minimum atomic E-state index is -0.828. The summed E-state index contributed by atoms with van der Waals surface area (Å²) in [6.45, 7) is 0. The van der Waals surface area contributed by atoms with Gasteiger partial charge in [-0.2, -0.15) is 5.26 Å². The molecular formula is C19H11F2N. The predicted octanol–water partition coefficient (Wildman–Crippen LogP) is 5.17. The van der Waals surface area contributed by atoms with Crippen molar-refractivity contribution in [3.05, 3.63) is 83.9 Å². The molecule has 0 spiro atoms. The number of hydrogen-bond acceptors (Lipinski definition) is 1. The zero-order valence-corrected chi connectivity index (χ0v) is 11.6. The predicted molar refractivity (Wildman–Crippen MR) is 81.9 cm³/mol. The van der Waals surface area contributed by atoms with Crippen LogP contribution in [0.5, 0.6) is 0 Å². The van der Waals surface area contributed by atoms with E-state index in [0.717, 1.165) is 0 Å². The van der Waals surface area contributed by atoms with E-state index in [0.29, 0.717) is 11.1 Å². The molecule has 3 heteroatoms. The molecule has 0 bridgehead atoms. The van der Waals surface area contributed by atoms with Gasteiger partial charge in [0.2, 0.25) is 0 Å². The molecule has 0 saturated carbocycles. The van der Waals surface area contributed by atoms with E-state index in [9.17, 15) is 8.78 Å². The molecule has 0 fully saturated rings. The lowest BCUT2D eigenvalue weighted by Crippen LogP contribution is -1.98. The van der Waals surface area contributed by atoms with Crippen LogP contribution < -0.4 is 0 Å². The molecule has 0 heterocycles. The molecule has 0 atom stereocenters. The molecule has 0 aliphatic carbocycles. The Hall–Kier alpha value is -2.99. The van der Waals surface area contributed by atoms with Gasteiger partial charge in [0.1, 0.15) is 11.6 Å². The molecule has 0 radical (unpaired) electrons. The minimum Gasteiger partial charge on any atom is -0.205 e. The highest BCUT2D eigenvalue weighted by Crippen LogP contribution is 2.33. The Morgan fingerprint density at radius 3 is 1.45 bits per heavy atom. The van der Waals surface area contributed by atoms with Gasteiger partial charge in [-0.3, -0.25) is 0 Å². The number of benzene rings is 3. The third-order valence-electron chi connectivity index (χ3n) is 3.48. The van der Waals surface area contributed by atoms with Crippen LogP contribution in [-0.4, -0.2) is 0 Å². The van der Waals surface area contributed by atoms with Crippen LogP contribution in [0.4, 0.5) is 8.78 Å². The second-order valence-electron chi connectivity index (χ2n) is 4.82.